The molecule has 4 heterocycles. The third kappa shape index (κ3) is 13.2. The van der Waals surface area contributed by atoms with Crippen LogP contribution in [0.15, 0.2) is 65.5 Å². The Morgan fingerprint density at radius 3 is 2.19 bits per heavy atom. The number of hydrogen-bond donors (Lipinski definition) is 4. The van der Waals surface area contributed by atoms with Crippen molar-refractivity contribution in [2.45, 2.75) is 128 Å². The van der Waals surface area contributed by atoms with E-state index in [2.05, 4.69) is 17.4 Å². The van der Waals surface area contributed by atoms with Crippen molar-refractivity contribution in [3.63, 3.8) is 0 Å². The highest BCUT2D eigenvalue weighted by Gasteiger charge is 2.43. The molecule has 6 N–H and O–H groups in total. The van der Waals surface area contributed by atoms with Crippen LogP contribution in [0.3, 0.4) is 0 Å². The van der Waals surface area contributed by atoms with Crippen molar-refractivity contribution in [1.29, 1.82) is 0 Å². The molecule has 5 atom stereocenters. The van der Waals surface area contributed by atoms with Crippen LogP contribution in [0.5, 0.6) is 0 Å². The Bertz CT molecular complexity index is 2490. The predicted octanol–water partition coefficient (Wildman–Crippen LogP) is 4.37. The van der Waals surface area contributed by atoms with Gasteiger partial charge in [0.2, 0.25) is 23.6 Å². The molecular formula is C51H66N6O11. The van der Waals surface area contributed by atoms with Crippen LogP contribution >= 0.6 is 0 Å². The Morgan fingerprint density at radius 1 is 0.853 bits per heavy atom. The Morgan fingerprint density at radius 2 is 1.50 bits per heavy atom. The lowest BCUT2D eigenvalue weighted by molar-refractivity contribution is -0.136. The number of benzene rings is 3. The number of hydrogen-bond acceptors (Lipinski definition) is 11. The molecule has 68 heavy (non-hydrogen) atoms. The van der Waals surface area contributed by atoms with Crippen molar-refractivity contribution in [2.75, 3.05) is 31.3 Å². The lowest BCUT2D eigenvalue weighted by atomic mass is 9.89. The largest absolute Gasteiger partial charge is 0.481 e. The fourth-order valence-corrected chi connectivity index (χ4v) is 9.46. The molecule has 366 valence electrons. The van der Waals surface area contributed by atoms with E-state index in [-0.39, 0.29) is 54.6 Å². The maximum Gasteiger partial charge on any atom is 0.329 e. The topological polar surface area (TPSA) is 245 Å². The number of aromatic nitrogens is 2. The number of ketones is 1. The number of para-hydroxylation sites is 2. The number of carbonyl (C=O) groups is 6. The first-order valence-corrected chi connectivity index (χ1v) is 23.7. The van der Waals surface area contributed by atoms with Crippen molar-refractivity contribution >= 4 is 52.1 Å². The molecule has 0 saturated carbocycles. The van der Waals surface area contributed by atoms with E-state index in [0.717, 1.165) is 66.1 Å². The van der Waals surface area contributed by atoms with E-state index in [1.165, 1.54) is 10.1 Å². The number of carboxylic acid groups (broad SMARTS) is 1. The number of amides is 4. The summed E-state index contributed by atoms with van der Waals surface area (Å²) in [5.74, 6) is -2.55. The Balaban J connectivity index is 0.00000183. The first-order valence-electron chi connectivity index (χ1n) is 23.7. The minimum Gasteiger partial charge on any atom is -0.481 e. The van der Waals surface area contributed by atoms with Gasteiger partial charge in [0, 0.05) is 66.1 Å². The molecule has 0 radical (unpaired) electrons. The molecule has 4 aromatic rings. The van der Waals surface area contributed by atoms with Gasteiger partial charge in [0.05, 0.1) is 41.5 Å². The summed E-state index contributed by atoms with van der Waals surface area (Å²) in [6.45, 7) is 5.77. The van der Waals surface area contributed by atoms with Gasteiger partial charge in [0.25, 0.3) is 5.97 Å². The minimum absolute atomic E-state index is 0.0622. The molecule has 7 rings (SSSR count). The number of ether oxygens (including phenoxy) is 3. The standard InChI is InChI=1S/C49H62N6O9.C2H4O2/c1-31(36(19-22-43(51)57)29-42(56)41-28-37-11-3-9-35-18-20-38(50)48(60)55(41)45(35)37)64-30-33-16-14-32(15-17-33)8-5-24-62-26-7-27-63-25-6-12-34-10-4-13-39-46(34)53(2)49(61)54(39)40-21-23-44(58)52-47(40)59;1-2(3)4/h3-4,9-11,13-17,31,36,38,40-41H,5-8,12,18-30,50H2,1-2H3,(H2,51,57)(H,52,58,59);1H3,(H,3,4)/t31-,36-,38+,40?,41+;/m1./s1. The molecule has 17 heteroatoms. The van der Waals surface area contributed by atoms with Crippen LogP contribution in [0.25, 0.3) is 11.0 Å². The molecule has 17 nitrogen and oxygen atoms in total. The molecule has 0 bridgehead atoms. The first kappa shape index (κ1) is 51.4. The van der Waals surface area contributed by atoms with Crippen LogP contribution in [0.1, 0.15) is 105 Å². The Hall–Kier alpha value is -6.01. The van der Waals surface area contributed by atoms with E-state index in [9.17, 15) is 28.8 Å². The van der Waals surface area contributed by atoms with Gasteiger partial charge in [-0.25, -0.2) is 4.79 Å². The molecule has 0 aliphatic carbocycles. The zero-order valence-electron chi connectivity index (χ0n) is 39.4. The molecule has 1 fully saturated rings. The maximum absolute atomic E-state index is 14.0. The Labute approximate surface area is 396 Å². The molecule has 1 saturated heterocycles. The highest BCUT2D eigenvalue weighted by molar-refractivity contribution is 6.07. The van der Waals surface area contributed by atoms with Gasteiger partial charge >= 0.3 is 5.69 Å². The molecule has 1 unspecified atom stereocenters. The second-order valence-corrected chi connectivity index (χ2v) is 18.0. The lowest BCUT2D eigenvalue weighted by Crippen LogP contribution is -2.50. The number of primary amides is 1. The zero-order chi connectivity index (χ0) is 48.9. The first-order chi connectivity index (χ1) is 32.6. The second-order valence-electron chi connectivity index (χ2n) is 18.0. The van der Waals surface area contributed by atoms with Gasteiger partial charge in [-0.2, -0.15) is 0 Å². The maximum atomic E-state index is 14.0. The number of carbonyl (C=O) groups excluding carboxylic acids is 5. The van der Waals surface area contributed by atoms with Crippen LogP contribution in [-0.2, 0) is 82.3 Å². The minimum atomic E-state index is -0.833. The molecule has 3 aromatic carbocycles. The molecular weight excluding hydrogens is 873 g/mol. The number of anilines is 1. The predicted molar refractivity (Wildman–Crippen MR) is 255 cm³/mol. The fraction of sp³-hybridized carbons (Fsp3) is 0.510. The van der Waals surface area contributed by atoms with Crippen molar-refractivity contribution in [3.8, 4) is 0 Å². The number of aliphatic carboxylic acids is 1. The molecule has 3 aliphatic heterocycles. The highest BCUT2D eigenvalue weighted by Crippen LogP contribution is 2.40. The third-order valence-electron chi connectivity index (χ3n) is 13.0. The monoisotopic (exact) mass is 938 g/mol. The number of rotatable bonds is 23. The number of imide groups is 1. The summed E-state index contributed by atoms with van der Waals surface area (Å²) in [5.41, 5.74) is 19.1. The number of aryl methyl sites for hydroxylation is 4. The number of nitrogens with zero attached hydrogens (tertiary/aromatic N) is 3. The average molecular weight is 939 g/mol. The molecule has 3 aliphatic rings. The van der Waals surface area contributed by atoms with E-state index in [1.807, 2.05) is 55.5 Å². The van der Waals surface area contributed by atoms with Gasteiger partial charge in [-0.15, -0.1) is 0 Å². The van der Waals surface area contributed by atoms with Crippen LogP contribution in [-0.4, -0.2) is 94.2 Å². The number of piperidine rings is 1. The number of nitrogens with two attached hydrogens (primary N) is 2. The van der Waals surface area contributed by atoms with E-state index in [4.69, 9.17) is 35.6 Å². The van der Waals surface area contributed by atoms with E-state index < -0.39 is 35.9 Å². The molecule has 4 amide bonds. The zero-order valence-corrected chi connectivity index (χ0v) is 39.4. The fourth-order valence-electron chi connectivity index (χ4n) is 9.46. The summed E-state index contributed by atoms with van der Waals surface area (Å²) in [4.78, 5) is 87.2. The number of nitrogens with one attached hydrogen (secondary N) is 1. The SMILES string of the molecule is CC(=O)O.C[C@@H](OCc1ccc(CCCOCCCOCCCc2cccc3c2n(C)c(=O)n3C2CCC(=O)NC2=O)cc1)[C@H](CCC(N)=O)CC(=O)[C@@H]1Cc2cccc3c2N1C(=O)[C@@H](N)CC3. The quantitative estimate of drug-likeness (QED) is 0.0599. The van der Waals surface area contributed by atoms with Crippen LogP contribution in [0.2, 0.25) is 0 Å². The van der Waals surface area contributed by atoms with Gasteiger partial charge in [0.1, 0.15) is 6.04 Å². The number of fused-ring (bicyclic) bond motifs is 1. The second kappa shape index (κ2) is 24.3. The third-order valence-corrected chi connectivity index (χ3v) is 13.0. The summed E-state index contributed by atoms with van der Waals surface area (Å²) >= 11 is 0. The smallest absolute Gasteiger partial charge is 0.329 e. The lowest BCUT2D eigenvalue weighted by Gasteiger charge is -2.29. The number of imidazole rings is 1. The van der Waals surface area contributed by atoms with E-state index in [1.54, 1.807) is 16.5 Å². The normalized spacial score (nSPS) is 18.6. The summed E-state index contributed by atoms with van der Waals surface area (Å²) < 4.78 is 21.1. The van der Waals surface area contributed by atoms with E-state index in [0.29, 0.717) is 77.1 Å². The summed E-state index contributed by atoms with van der Waals surface area (Å²) in [7, 11) is 1.71. The summed E-state index contributed by atoms with van der Waals surface area (Å²) in [5, 5.41) is 9.77. The van der Waals surface area contributed by atoms with Gasteiger partial charge < -0.3 is 30.8 Å². The highest BCUT2D eigenvalue weighted by atomic mass is 16.5. The Kier molecular flexibility index (Phi) is 18.4. The van der Waals surface area contributed by atoms with Gasteiger partial charge in [-0.05, 0) is 105 Å². The molecule has 1 aromatic heterocycles. The van der Waals surface area contributed by atoms with Crippen molar-refractivity contribution in [3.05, 3.63) is 99.0 Å². The van der Waals surface area contributed by atoms with Crippen LogP contribution < -0.4 is 27.4 Å². The van der Waals surface area contributed by atoms with Crippen molar-refractivity contribution in [1.82, 2.24) is 14.5 Å². The number of carboxylic acids is 1. The van der Waals surface area contributed by atoms with Gasteiger partial charge in [0.15, 0.2) is 5.78 Å². The van der Waals surface area contributed by atoms with Crippen LogP contribution in [0.4, 0.5) is 5.69 Å². The summed E-state index contributed by atoms with van der Waals surface area (Å²) in [6, 6.07) is 18.0. The number of Topliss-reactive ketones (excluding diaryl/α,β-unsaturated/α-hetero) is 1. The molecule has 0 spiro atoms. The van der Waals surface area contributed by atoms with Gasteiger partial charge in [-0.1, -0.05) is 54.6 Å². The van der Waals surface area contributed by atoms with Crippen molar-refractivity contribution < 1.29 is 48.1 Å². The van der Waals surface area contributed by atoms with Crippen molar-refractivity contribution in [2.24, 2.45) is 24.4 Å². The van der Waals surface area contributed by atoms with Crippen LogP contribution in [0, 0.1) is 5.92 Å². The summed E-state index contributed by atoms with van der Waals surface area (Å²) in [6.07, 6.45) is 6.58. The van der Waals surface area contributed by atoms with E-state index >= 15 is 0 Å². The average Bonchev–Trinajstić information content (AvgIpc) is 3.78. The van der Waals surface area contributed by atoms with Gasteiger partial charge in [-0.3, -0.25) is 48.1 Å².